The van der Waals surface area contributed by atoms with E-state index in [1.165, 1.54) is 0 Å². The van der Waals surface area contributed by atoms with Crippen LogP contribution in [0.3, 0.4) is 0 Å². The van der Waals surface area contributed by atoms with E-state index in [2.05, 4.69) is 6.92 Å². The molecule has 1 unspecified atom stereocenters. The molecule has 1 aromatic carbocycles. The van der Waals surface area contributed by atoms with Crippen LogP contribution in [0.5, 0.6) is 17.2 Å². The third-order valence-electron chi connectivity index (χ3n) is 3.19. The molecule has 0 bridgehead atoms. The highest BCUT2D eigenvalue weighted by atomic mass is 16.5. The minimum absolute atomic E-state index is 0.200. The van der Waals surface area contributed by atoms with Crippen molar-refractivity contribution in [3.63, 3.8) is 0 Å². The van der Waals surface area contributed by atoms with E-state index in [4.69, 9.17) is 14.2 Å². The van der Waals surface area contributed by atoms with Crippen molar-refractivity contribution in [2.24, 2.45) is 0 Å². The van der Waals surface area contributed by atoms with Crippen LogP contribution in [-0.4, -0.2) is 27.1 Å². The van der Waals surface area contributed by atoms with Crippen molar-refractivity contribution in [3.05, 3.63) is 17.7 Å². The third kappa shape index (κ3) is 3.63. The number of carbonyl (C=O) groups is 1. The van der Waals surface area contributed by atoms with Gasteiger partial charge >= 0.3 is 0 Å². The Hall–Kier alpha value is -1.71. The molecule has 1 atom stereocenters. The number of benzene rings is 1. The zero-order valence-electron chi connectivity index (χ0n) is 12.3. The van der Waals surface area contributed by atoms with Gasteiger partial charge in [-0.05, 0) is 25.3 Å². The van der Waals surface area contributed by atoms with Gasteiger partial charge in [-0.2, -0.15) is 0 Å². The van der Waals surface area contributed by atoms with Gasteiger partial charge in [-0.1, -0.05) is 13.0 Å². The van der Waals surface area contributed by atoms with Crippen molar-refractivity contribution in [1.29, 1.82) is 0 Å². The average molecular weight is 266 g/mol. The second-order valence-corrected chi connectivity index (χ2v) is 4.57. The predicted molar refractivity (Wildman–Crippen MR) is 74.4 cm³/mol. The van der Waals surface area contributed by atoms with Crippen molar-refractivity contribution in [1.82, 2.24) is 0 Å². The van der Waals surface area contributed by atoms with Crippen LogP contribution in [0, 0.1) is 0 Å². The Balaban J connectivity index is 3.09. The second-order valence-electron chi connectivity index (χ2n) is 4.57. The summed E-state index contributed by atoms with van der Waals surface area (Å²) in [6.45, 7) is 3.69. The molecule has 0 saturated carbocycles. The molecule has 0 heterocycles. The molecule has 106 valence electrons. The summed E-state index contributed by atoms with van der Waals surface area (Å²) in [7, 11) is 4.79. The fourth-order valence-corrected chi connectivity index (χ4v) is 2.09. The number of Topliss-reactive ketones (excluding diaryl/α,β-unsaturated/α-hetero) is 1. The number of methoxy groups -OCH3 is 3. The molecular weight excluding hydrogens is 244 g/mol. The topological polar surface area (TPSA) is 44.8 Å². The van der Waals surface area contributed by atoms with E-state index >= 15 is 0 Å². The lowest BCUT2D eigenvalue weighted by atomic mass is 9.94. The Kier molecular flexibility index (Phi) is 5.67. The van der Waals surface area contributed by atoms with Gasteiger partial charge < -0.3 is 19.0 Å². The van der Waals surface area contributed by atoms with Gasteiger partial charge in [0, 0.05) is 12.0 Å². The number of hydrogen-bond acceptors (Lipinski definition) is 4. The maximum atomic E-state index is 11.1. The van der Waals surface area contributed by atoms with E-state index in [0.717, 1.165) is 12.0 Å². The molecule has 0 fully saturated rings. The van der Waals surface area contributed by atoms with Crippen LogP contribution >= 0.6 is 0 Å². The first-order chi connectivity index (χ1) is 9.04. The lowest BCUT2D eigenvalue weighted by Gasteiger charge is -2.19. The van der Waals surface area contributed by atoms with E-state index in [1.807, 2.05) is 12.1 Å². The Labute approximate surface area is 114 Å². The molecule has 1 rings (SSSR count). The molecule has 0 saturated heterocycles. The quantitative estimate of drug-likeness (QED) is 0.760. The number of hydrogen-bond donors (Lipinski definition) is 0. The summed E-state index contributed by atoms with van der Waals surface area (Å²) in [4.78, 5) is 11.1. The maximum Gasteiger partial charge on any atom is 0.203 e. The van der Waals surface area contributed by atoms with Gasteiger partial charge in [-0.3, -0.25) is 0 Å². The Morgan fingerprint density at radius 2 is 1.74 bits per heavy atom. The third-order valence-corrected chi connectivity index (χ3v) is 3.19. The summed E-state index contributed by atoms with van der Waals surface area (Å²) in [5, 5.41) is 0. The first-order valence-electron chi connectivity index (χ1n) is 6.33. The summed E-state index contributed by atoms with van der Waals surface area (Å²) in [6.07, 6.45) is 1.36. The normalized spacial score (nSPS) is 11.8. The number of carbonyl (C=O) groups excluding carboxylic acids is 1. The fraction of sp³-hybridized carbons (Fsp3) is 0.533. The highest BCUT2D eigenvalue weighted by Crippen LogP contribution is 2.43. The average Bonchev–Trinajstić information content (AvgIpc) is 2.42. The molecular formula is C15H22O4. The smallest absolute Gasteiger partial charge is 0.203 e. The van der Waals surface area contributed by atoms with Gasteiger partial charge in [-0.15, -0.1) is 0 Å². The molecule has 0 N–H and O–H groups in total. The number of ether oxygens (including phenoxy) is 3. The summed E-state index contributed by atoms with van der Waals surface area (Å²) in [5.74, 6) is 2.34. The van der Waals surface area contributed by atoms with E-state index in [-0.39, 0.29) is 11.7 Å². The van der Waals surface area contributed by atoms with E-state index < -0.39 is 0 Å². The van der Waals surface area contributed by atoms with Crippen molar-refractivity contribution >= 4 is 5.78 Å². The first kappa shape index (κ1) is 15.3. The molecule has 1 aromatic rings. The van der Waals surface area contributed by atoms with E-state index in [9.17, 15) is 4.79 Å². The van der Waals surface area contributed by atoms with Crippen LogP contribution in [0.4, 0.5) is 0 Å². The minimum Gasteiger partial charge on any atom is -0.493 e. The second kappa shape index (κ2) is 7.02. The largest absolute Gasteiger partial charge is 0.493 e. The monoisotopic (exact) mass is 266 g/mol. The highest BCUT2D eigenvalue weighted by molar-refractivity contribution is 5.75. The molecule has 0 aliphatic rings. The summed E-state index contributed by atoms with van der Waals surface area (Å²) < 4.78 is 16.1. The fourth-order valence-electron chi connectivity index (χ4n) is 2.09. The van der Waals surface area contributed by atoms with E-state index in [1.54, 1.807) is 28.3 Å². The molecule has 0 aromatic heterocycles. The van der Waals surface area contributed by atoms with Crippen molar-refractivity contribution in [3.8, 4) is 17.2 Å². The first-order valence-corrected chi connectivity index (χ1v) is 6.33. The van der Waals surface area contributed by atoms with Gasteiger partial charge in [-0.25, -0.2) is 0 Å². The predicted octanol–water partition coefficient (Wildman–Crippen LogP) is 3.19. The van der Waals surface area contributed by atoms with Crippen molar-refractivity contribution in [2.45, 2.75) is 32.6 Å². The molecule has 0 aliphatic carbocycles. The van der Waals surface area contributed by atoms with Gasteiger partial charge in [0.05, 0.1) is 21.3 Å². The lowest BCUT2D eigenvalue weighted by molar-refractivity contribution is -0.117. The summed E-state index contributed by atoms with van der Waals surface area (Å²) in [6, 6.07) is 3.83. The zero-order chi connectivity index (χ0) is 14.4. The van der Waals surface area contributed by atoms with E-state index in [0.29, 0.717) is 23.7 Å². The van der Waals surface area contributed by atoms with Crippen LogP contribution in [0.25, 0.3) is 0 Å². The van der Waals surface area contributed by atoms with Crippen LogP contribution in [0.2, 0.25) is 0 Å². The van der Waals surface area contributed by atoms with Crippen molar-refractivity contribution in [2.75, 3.05) is 21.3 Å². The summed E-state index contributed by atoms with van der Waals surface area (Å²) in [5.41, 5.74) is 1.03. The molecule has 0 amide bonds. The van der Waals surface area contributed by atoms with Gasteiger partial charge in [0.25, 0.3) is 0 Å². The van der Waals surface area contributed by atoms with Crippen molar-refractivity contribution < 1.29 is 19.0 Å². The van der Waals surface area contributed by atoms with Crippen LogP contribution < -0.4 is 14.2 Å². The van der Waals surface area contributed by atoms with Crippen LogP contribution in [0.1, 0.15) is 38.2 Å². The standard InChI is InChI=1S/C15H22O4/c1-10(6-7-11(2)16)12-8-9-13(17-3)15(19-5)14(12)18-4/h8-10H,6-7H2,1-5H3. The number of rotatable bonds is 7. The maximum absolute atomic E-state index is 11.1. The molecule has 0 aliphatic heterocycles. The summed E-state index contributed by atoms with van der Waals surface area (Å²) >= 11 is 0. The van der Waals surface area contributed by atoms with Crippen LogP contribution in [-0.2, 0) is 4.79 Å². The van der Waals surface area contributed by atoms with Crippen LogP contribution in [0.15, 0.2) is 12.1 Å². The Morgan fingerprint density at radius 1 is 1.11 bits per heavy atom. The molecule has 0 radical (unpaired) electrons. The minimum atomic E-state index is 0.200. The van der Waals surface area contributed by atoms with Gasteiger partial charge in [0.15, 0.2) is 11.5 Å². The number of ketones is 1. The SMILES string of the molecule is COc1ccc(C(C)CCC(C)=O)c(OC)c1OC. The Morgan fingerprint density at radius 3 is 2.21 bits per heavy atom. The Bertz CT molecular complexity index is 440. The molecule has 19 heavy (non-hydrogen) atoms. The molecule has 4 nitrogen and oxygen atoms in total. The van der Waals surface area contributed by atoms with Gasteiger partial charge in [0.1, 0.15) is 5.78 Å². The van der Waals surface area contributed by atoms with Gasteiger partial charge in [0.2, 0.25) is 5.75 Å². The lowest BCUT2D eigenvalue weighted by Crippen LogP contribution is -2.03. The molecule has 4 heteroatoms. The zero-order valence-corrected chi connectivity index (χ0v) is 12.3. The molecule has 0 spiro atoms. The highest BCUT2D eigenvalue weighted by Gasteiger charge is 2.19.